The van der Waals surface area contributed by atoms with E-state index in [0.29, 0.717) is 29.6 Å². The van der Waals surface area contributed by atoms with E-state index in [-0.39, 0.29) is 12.7 Å². The smallest absolute Gasteiger partial charge is 0.475 e. The van der Waals surface area contributed by atoms with Crippen LogP contribution in [0, 0.1) is 0 Å². The molecule has 10 nitrogen and oxygen atoms in total. The van der Waals surface area contributed by atoms with Gasteiger partial charge in [-0.1, -0.05) is 36.4 Å². The lowest BCUT2D eigenvalue weighted by atomic mass is 10.0. The number of benzene rings is 3. The number of nitrogens with zero attached hydrogens (tertiary/aromatic N) is 1. The van der Waals surface area contributed by atoms with E-state index in [9.17, 15) is 31.1 Å². The van der Waals surface area contributed by atoms with E-state index in [4.69, 9.17) is 29.3 Å². The van der Waals surface area contributed by atoms with Crippen LogP contribution in [0.5, 0.6) is 11.5 Å². The summed E-state index contributed by atoms with van der Waals surface area (Å²) in [7, 11) is 0. The summed E-state index contributed by atoms with van der Waals surface area (Å²) < 4.78 is 74.2. The third kappa shape index (κ3) is 11.8. The monoisotopic (exact) mass is 671 g/mol. The van der Waals surface area contributed by atoms with Crippen LogP contribution >= 0.6 is 0 Å². The van der Waals surface area contributed by atoms with Gasteiger partial charge in [0.2, 0.25) is 6.79 Å². The van der Waals surface area contributed by atoms with Gasteiger partial charge in [0.05, 0.1) is 0 Å². The van der Waals surface area contributed by atoms with Crippen LogP contribution in [0.3, 0.4) is 0 Å². The number of piperazine rings is 1. The number of carboxylic acids is 2. The summed E-state index contributed by atoms with van der Waals surface area (Å²) in [5.74, 6) is -4.36. The Kier molecular flexibility index (Phi) is 12.6. The molecule has 47 heavy (non-hydrogen) atoms. The molecule has 0 saturated carbocycles. The first-order valence-electron chi connectivity index (χ1n) is 13.9. The van der Waals surface area contributed by atoms with Gasteiger partial charge in [0, 0.05) is 44.3 Å². The molecule has 0 aromatic heterocycles. The summed E-state index contributed by atoms with van der Waals surface area (Å²) in [5.41, 5.74) is 5.29. The van der Waals surface area contributed by atoms with Crippen LogP contribution < -0.4 is 20.1 Å². The minimum atomic E-state index is -5.08. The maximum absolute atomic E-state index is 12.6. The molecular formula is C31H31F6N3O7. The highest BCUT2D eigenvalue weighted by Crippen LogP contribution is 2.32. The van der Waals surface area contributed by atoms with Crippen LogP contribution in [0.2, 0.25) is 0 Å². The van der Waals surface area contributed by atoms with Crippen molar-refractivity contribution in [2.24, 2.45) is 0 Å². The lowest BCUT2D eigenvalue weighted by Gasteiger charge is -2.31. The summed E-state index contributed by atoms with van der Waals surface area (Å²) in [5, 5.41) is 20.8. The van der Waals surface area contributed by atoms with Crippen LogP contribution in [-0.4, -0.2) is 77.8 Å². The molecule has 1 amide bonds. The number of nitrogens with one attached hydrogen (secondary N) is 2. The number of hydrogen-bond acceptors (Lipinski definition) is 7. The summed E-state index contributed by atoms with van der Waals surface area (Å²) in [6.45, 7) is 7.05. The van der Waals surface area contributed by atoms with Crippen molar-refractivity contribution in [2.45, 2.75) is 38.4 Å². The summed E-state index contributed by atoms with van der Waals surface area (Å²) >= 11 is 0. The molecule has 3 aromatic carbocycles. The zero-order chi connectivity index (χ0) is 34.8. The number of halogens is 6. The predicted molar refractivity (Wildman–Crippen MR) is 156 cm³/mol. The number of rotatable bonds is 6. The molecule has 4 N–H and O–H groups in total. The summed E-state index contributed by atoms with van der Waals surface area (Å²) in [6.07, 6.45) is -10.2. The van der Waals surface area contributed by atoms with Crippen molar-refractivity contribution in [3.8, 4) is 22.6 Å². The zero-order valence-corrected chi connectivity index (χ0v) is 24.8. The first kappa shape index (κ1) is 36.6. The first-order valence-corrected chi connectivity index (χ1v) is 13.9. The maximum atomic E-state index is 12.6. The Balaban J connectivity index is 0.000000360. The number of amides is 1. The minimum absolute atomic E-state index is 0.133. The van der Waals surface area contributed by atoms with Gasteiger partial charge < -0.3 is 30.3 Å². The van der Waals surface area contributed by atoms with E-state index in [1.54, 1.807) is 18.2 Å². The van der Waals surface area contributed by atoms with Crippen LogP contribution in [0.25, 0.3) is 11.1 Å². The molecule has 0 radical (unpaired) electrons. The molecular weight excluding hydrogens is 640 g/mol. The number of carboxylic acid groups (broad SMARTS) is 2. The fraction of sp³-hybridized carbons (Fsp3) is 0.323. The van der Waals surface area contributed by atoms with Crippen LogP contribution in [0.1, 0.15) is 28.4 Å². The molecule has 16 heteroatoms. The van der Waals surface area contributed by atoms with Gasteiger partial charge in [0.15, 0.2) is 11.5 Å². The Morgan fingerprint density at radius 3 is 1.98 bits per heavy atom. The number of hydrogen-bond donors (Lipinski definition) is 4. The molecule has 2 aliphatic heterocycles. The lowest BCUT2D eigenvalue weighted by Crippen LogP contribution is -2.48. The van der Waals surface area contributed by atoms with Crippen molar-refractivity contribution in [3.05, 3.63) is 83.4 Å². The Hall–Kier alpha value is -4.83. The average molecular weight is 672 g/mol. The standard InChI is InChI=1S/C27H29N3O3.2C2HF3O2/c1-19-16-30(11-10-28-19)17-21-5-3-7-23(13-21)22-6-2-4-20(12-22)15-29-27(31)24-8-9-25-26(14-24)33-18-32-25;2*3-2(4,5)1(6)7/h2-9,12-14,19,28H,10-11,15-18H2,1H3,(H,29,31);2*(H,6,7). The molecule has 2 aliphatic rings. The van der Waals surface area contributed by atoms with E-state index in [1.807, 2.05) is 12.1 Å². The van der Waals surface area contributed by atoms with Crippen molar-refractivity contribution in [1.29, 1.82) is 0 Å². The van der Waals surface area contributed by atoms with Crippen molar-refractivity contribution in [1.82, 2.24) is 15.5 Å². The minimum Gasteiger partial charge on any atom is -0.475 e. The number of alkyl halides is 6. The molecule has 0 bridgehead atoms. The third-order valence-electron chi connectivity index (χ3n) is 6.62. The number of ether oxygens (including phenoxy) is 2. The molecule has 5 rings (SSSR count). The highest BCUT2D eigenvalue weighted by atomic mass is 19.4. The quantitative estimate of drug-likeness (QED) is 0.265. The summed E-state index contributed by atoms with van der Waals surface area (Å²) in [4.78, 5) is 32.9. The molecule has 0 spiro atoms. The summed E-state index contributed by atoms with van der Waals surface area (Å²) in [6, 6.07) is 22.9. The number of fused-ring (bicyclic) bond motifs is 1. The molecule has 1 saturated heterocycles. The average Bonchev–Trinajstić information content (AvgIpc) is 3.48. The van der Waals surface area contributed by atoms with Gasteiger partial charge in [-0.05, 0) is 59.5 Å². The maximum Gasteiger partial charge on any atom is 0.490 e. The highest BCUT2D eigenvalue weighted by Gasteiger charge is 2.38. The van der Waals surface area contributed by atoms with Crippen molar-refractivity contribution in [2.75, 3.05) is 26.4 Å². The van der Waals surface area contributed by atoms with E-state index >= 15 is 0 Å². The molecule has 3 aromatic rings. The number of aliphatic carboxylic acids is 2. The number of carbonyl (C=O) groups excluding carboxylic acids is 1. The third-order valence-corrected chi connectivity index (χ3v) is 6.62. The first-order chi connectivity index (χ1) is 22.0. The predicted octanol–water partition coefficient (Wildman–Crippen LogP) is 5.07. The Morgan fingerprint density at radius 2 is 1.40 bits per heavy atom. The van der Waals surface area contributed by atoms with Gasteiger partial charge in [-0.15, -0.1) is 0 Å². The van der Waals surface area contributed by atoms with E-state index < -0.39 is 24.3 Å². The number of carbonyl (C=O) groups is 3. The zero-order valence-electron chi connectivity index (χ0n) is 24.8. The fourth-order valence-corrected chi connectivity index (χ4v) is 4.45. The van der Waals surface area contributed by atoms with Gasteiger partial charge in [-0.3, -0.25) is 9.69 Å². The van der Waals surface area contributed by atoms with Gasteiger partial charge in [0.1, 0.15) is 0 Å². The van der Waals surface area contributed by atoms with Crippen molar-refractivity contribution >= 4 is 17.8 Å². The van der Waals surface area contributed by atoms with Gasteiger partial charge >= 0.3 is 24.3 Å². The molecule has 254 valence electrons. The Labute approximate surface area is 264 Å². The van der Waals surface area contributed by atoms with E-state index in [2.05, 4.69) is 58.9 Å². The van der Waals surface area contributed by atoms with Crippen LogP contribution in [-0.2, 0) is 22.7 Å². The van der Waals surface area contributed by atoms with Crippen molar-refractivity contribution in [3.63, 3.8) is 0 Å². The molecule has 2 heterocycles. The molecule has 1 fully saturated rings. The lowest BCUT2D eigenvalue weighted by molar-refractivity contribution is -0.193. The topological polar surface area (TPSA) is 137 Å². The SMILES string of the molecule is CC1CN(Cc2cccc(-c3cccc(CNC(=O)c4ccc5c(c4)OCO5)c3)c2)CCN1.O=C(O)C(F)(F)F.O=C(O)C(F)(F)F. The second-order valence-electron chi connectivity index (χ2n) is 10.3. The second kappa shape index (κ2) is 16.1. The van der Waals surface area contributed by atoms with Crippen LogP contribution in [0.4, 0.5) is 26.3 Å². The Bertz CT molecular complexity index is 1520. The van der Waals surface area contributed by atoms with Gasteiger partial charge in [-0.2, -0.15) is 26.3 Å². The van der Waals surface area contributed by atoms with Crippen LogP contribution in [0.15, 0.2) is 66.7 Å². The Morgan fingerprint density at radius 1 is 0.851 bits per heavy atom. The van der Waals surface area contributed by atoms with Crippen molar-refractivity contribution < 1.29 is 60.4 Å². The largest absolute Gasteiger partial charge is 0.490 e. The van der Waals surface area contributed by atoms with Gasteiger partial charge in [-0.25, -0.2) is 9.59 Å². The van der Waals surface area contributed by atoms with Gasteiger partial charge in [0.25, 0.3) is 5.91 Å². The van der Waals surface area contributed by atoms with E-state index in [1.165, 1.54) is 11.1 Å². The highest BCUT2D eigenvalue weighted by molar-refractivity contribution is 5.94. The van der Waals surface area contributed by atoms with E-state index in [0.717, 1.165) is 37.3 Å². The second-order valence-corrected chi connectivity index (χ2v) is 10.3. The molecule has 0 aliphatic carbocycles. The fourth-order valence-electron chi connectivity index (χ4n) is 4.45. The molecule has 1 unspecified atom stereocenters. The normalized spacial score (nSPS) is 15.8. The molecule has 1 atom stereocenters.